The lowest BCUT2D eigenvalue weighted by Crippen LogP contribution is -2.11. The van der Waals surface area contributed by atoms with Crippen LogP contribution in [0.3, 0.4) is 0 Å². The number of benzene rings is 2. The van der Waals surface area contributed by atoms with E-state index in [1.165, 1.54) is 23.5 Å². The van der Waals surface area contributed by atoms with E-state index in [1.807, 2.05) is 0 Å². The number of ether oxygens (including phenoxy) is 1. The maximum absolute atomic E-state index is 13.2. The Morgan fingerprint density at radius 3 is 2.70 bits per heavy atom. The number of nitrogens with zero attached hydrogens (tertiary/aromatic N) is 1. The van der Waals surface area contributed by atoms with Gasteiger partial charge in [0.25, 0.3) is 5.91 Å². The summed E-state index contributed by atoms with van der Waals surface area (Å²) in [6, 6.07) is 13.0. The van der Waals surface area contributed by atoms with Gasteiger partial charge in [-0.15, -0.1) is 11.3 Å². The molecule has 116 valence electrons. The molecule has 0 atom stereocenters. The predicted molar refractivity (Wildman–Crippen MR) is 88.5 cm³/mol. The summed E-state index contributed by atoms with van der Waals surface area (Å²) in [6.07, 6.45) is 0. The molecule has 0 bridgehead atoms. The summed E-state index contributed by atoms with van der Waals surface area (Å²) in [4.78, 5) is 16.5. The summed E-state index contributed by atoms with van der Waals surface area (Å²) < 4.78 is 18.3. The number of hydrogen-bond donors (Lipinski definition) is 1. The van der Waals surface area contributed by atoms with Crippen molar-refractivity contribution in [3.05, 3.63) is 65.3 Å². The van der Waals surface area contributed by atoms with Crippen LogP contribution in [0.5, 0.6) is 5.75 Å². The molecular formula is C17H13FN2O2S. The van der Waals surface area contributed by atoms with E-state index in [9.17, 15) is 9.18 Å². The summed E-state index contributed by atoms with van der Waals surface area (Å²) in [5, 5.41) is 4.97. The second-order valence-electron chi connectivity index (χ2n) is 4.73. The third-order valence-corrected chi connectivity index (χ3v) is 3.95. The van der Waals surface area contributed by atoms with Crippen LogP contribution < -0.4 is 10.1 Å². The Morgan fingerprint density at radius 2 is 2.00 bits per heavy atom. The molecule has 0 fully saturated rings. The van der Waals surface area contributed by atoms with Gasteiger partial charge in [0.05, 0.1) is 12.8 Å². The minimum Gasteiger partial charge on any atom is -0.497 e. The fourth-order valence-electron chi connectivity index (χ4n) is 2.02. The SMILES string of the molecule is COc1ccc(C(=O)Nc2nc(-c3cccc(F)c3)cs2)cc1. The summed E-state index contributed by atoms with van der Waals surface area (Å²) >= 11 is 1.29. The van der Waals surface area contributed by atoms with Crippen LogP contribution in [-0.2, 0) is 0 Å². The van der Waals surface area contributed by atoms with Gasteiger partial charge in [0.2, 0.25) is 0 Å². The lowest BCUT2D eigenvalue weighted by Gasteiger charge is -2.03. The summed E-state index contributed by atoms with van der Waals surface area (Å²) in [5.41, 5.74) is 1.80. The largest absolute Gasteiger partial charge is 0.497 e. The lowest BCUT2D eigenvalue weighted by atomic mass is 10.2. The van der Waals surface area contributed by atoms with Gasteiger partial charge in [-0.2, -0.15) is 0 Å². The third-order valence-electron chi connectivity index (χ3n) is 3.20. The van der Waals surface area contributed by atoms with E-state index in [1.54, 1.807) is 48.9 Å². The molecule has 1 N–H and O–H groups in total. The number of hydrogen-bond acceptors (Lipinski definition) is 4. The molecule has 0 spiro atoms. The van der Waals surface area contributed by atoms with E-state index in [-0.39, 0.29) is 11.7 Å². The number of thiazole rings is 1. The number of carbonyl (C=O) groups excluding carboxylic acids is 1. The van der Waals surface area contributed by atoms with Gasteiger partial charge in [-0.05, 0) is 36.4 Å². The van der Waals surface area contributed by atoms with Gasteiger partial charge in [0, 0.05) is 16.5 Å². The standard InChI is InChI=1S/C17H13FN2O2S/c1-22-14-7-5-11(6-8-14)16(21)20-17-19-15(10-23-17)12-3-2-4-13(18)9-12/h2-10H,1H3,(H,19,20,21). The number of nitrogens with one attached hydrogen (secondary N) is 1. The first-order valence-corrected chi connectivity index (χ1v) is 7.70. The van der Waals surface area contributed by atoms with Gasteiger partial charge in [-0.1, -0.05) is 12.1 Å². The molecule has 3 aromatic rings. The Balaban J connectivity index is 1.74. The Morgan fingerprint density at radius 1 is 1.22 bits per heavy atom. The second-order valence-corrected chi connectivity index (χ2v) is 5.59. The summed E-state index contributed by atoms with van der Waals surface area (Å²) in [5.74, 6) is 0.108. The normalized spacial score (nSPS) is 10.3. The molecule has 0 radical (unpaired) electrons. The van der Waals surface area contributed by atoms with E-state index >= 15 is 0 Å². The van der Waals surface area contributed by atoms with Gasteiger partial charge in [-0.3, -0.25) is 10.1 Å². The number of methoxy groups -OCH3 is 1. The first-order chi connectivity index (χ1) is 11.2. The Hall–Kier alpha value is -2.73. The van der Waals surface area contributed by atoms with Crippen LogP contribution in [-0.4, -0.2) is 18.0 Å². The fraction of sp³-hybridized carbons (Fsp3) is 0.0588. The highest BCUT2D eigenvalue weighted by Crippen LogP contribution is 2.25. The first-order valence-electron chi connectivity index (χ1n) is 6.82. The van der Waals surface area contributed by atoms with Crippen molar-refractivity contribution in [2.45, 2.75) is 0 Å². The molecule has 4 nitrogen and oxygen atoms in total. The van der Waals surface area contributed by atoms with Crippen LogP contribution in [0.4, 0.5) is 9.52 Å². The number of halogens is 1. The molecule has 0 unspecified atom stereocenters. The molecule has 0 aliphatic rings. The van der Waals surface area contributed by atoms with Gasteiger partial charge < -0.3 is 4.74 Å². The molecule has 6 heteroatoms. The molecule has 0 aliphatic heterocycles. The predicted octanol–water partition coefficient (Wildman–Crippen LogP) is 4.21. The van der Waals surface area contributed by atoms with Crippen LogP contribution in [0.15, 0.2) is 53.9 Å². The minimum absolute atomic E-state index is 0.257. The molecule has 1 amide bonds. The molecule has 2 aromatic carbocycles. The Bertz CT molecular complexity index is 831. The van der Waals surface area contributed by atoms with Crippen molar-refractivity contribution in [1.82, 2.24) is 4.98 Å². The number of amides is 1. The topological polar surface area (TPSA) is 51.2 Å². The van der Waals surface area contributed by atoms with E-state index in [2.05, 4.69) is 10.3 Å². The van der Waals surface area contributed by atoms with Crippen LogP contribution in [0.2, 0.25) is 0 Å². The fourth-order valence-corrected chi connectivity index (χ4v) is 2.74. The molecular weight excluding hydrogens is 315 g/mol. The highest BCUT2D eigenvalue weighted by molar-refractivity contribution is 7.14. The number of carbonyl (C=O) groups is 1. The molecule has 1 heterocycles. The molecule has 3 rings (SSSR count). The minimum atomic E-state index is -0.320. The van der Waals surface area contributed by atoms with Gasteiger partial charge in [-0.25, -0.2) is 9.37 Å². The van der Waals surface area contributed by atoms with Gasteiger partial charge in [0.1, 0.15) is 11.6 Å². The van der Waals surface area contributed by atoms with Crippen LogP contribution in [0.25, 0.3) is 11.3 Å². The monoisotopic (exact) mass is 328 g/mol. The van der Waals surface area contributed by atoms with Crippen molar-refractivity contribution in [3.63, 3.8) is 0 Å². The van der Waals surface area contributed by atoms with Crippen molar-refractivity contribution in [1.29, 1.82) is 0 Å². The average Bonchev–Trinajstić information content (AvgIpc) is 3.03. The zero-order valence-corrected chi connectivity index (χ0v) is 13.1. The molecule has 0 saturated carbocycles. The average molecular weight is 328 g/mol. The van der Waals surface area contributed by atoms with Crippen LogP contribution >= 0.6 is 11.3 Å². The summed E-state index contributed by atoms with van der Waals surface area (Å²) in [6.45, 7) is 0. The van der Waals surface area contributed by atoms with Crippen LogP contribution in [0, 0.1) is 5.82 Å². The maximum Gasteiger partial charge on any atom is 0.257 e. The van der Waals surface area contributed by atoms with Crippen molar-refractivity contribution in [2.75, 3.05) is 12.4 Å². The highest BCUT2D eigenvalue weighted by atomic mass is 32.1. The zero-order chi connectivity index (χ0) is 16.2. The third kappa shape index (κ3) is 3.54. The van der Waals surface area contributed by atoms with Gasteiger partial charge in [0.15, 0.2) is 5.13 Å². The number of rotatable bonds is 4. The highest BCUT2D eigenvalue weighted by Gasteiger charge is 2.10. The Labute approximate surface area is 136 Å². The smallest absolute Gasteiger partial charge is 0.257 e. The second kappa shape index (κ2) is 6.58. The quantitative estimate of drug-likeness (QED) is 0.780. The molecule has 23 heavy (non-hydrogen) atoms. The maximum atomic E-state index is 13.2. The lowest BCUT2D eigenvalue weighted by molar-refractivity contribution is 0.102. The Kier molecular flexibility index (Phi) is 4.34. The number of aromatic nitrogens is 1. The van der Waals surface area contributed by atoms with Crippen molar-refractivity contribution < 1.29 is 13.9 Å². The van der Waals surface area contributed by atoms with Crippen molar-refractivity contribution in [3.8, 4) is 17.0 Å². The first kappa shape index (κ1) is 15.2. The van der Waals surface area contributed by atoms with E-state index in [4.69, 9.17) is 4.74 Å². The van der Waals surface area contributed by atoms with Crippen LogP contribution in [0.1, 0.15) is 10.4 Å². The number of anilines is 1. The zero-order valence-electron chi connectivity index (χ0n) is 12.2. The summed E-state index contributed by atoms with van der Waals surface area (Å²) in [7, 11) is 1.57. The van der Waals surface area contributed by atoms with Crippen molar-refractivity contribution in [2.24, 2.45) is 0 Å². The van der Waals surface area contributed by atoms with Gasteiger partial charge >= 0.3 is 0 Å². The van der Waals surface area contributed by atoms with Crippen molar-refractivity contribution >= 4 is 22.4 Å². The molecule has 1 aromatic heterocycles. The van der Waals surface area contributed by atoms with E-state index < -0.39 is 0 Å². The molecule has 0 saturated heterocycles. The van der Waals surface area contributed by atoms with E-state index in [0.29, 0.717) is 27.7 Å². The van der Waals surface area contributed by atoms with E-state index in [0.717, 1.165) is 0 Å². The molecule has 0 aliphatic carbocycles.